The first-order chi connectivity index (χ1) is 25.5. The molecule has 4 unspecified atom stereocenters. The minimum absolute atomic E-state index is 0.0359. The lowest BCUT2D eigenvalue weighted by atomic mass is 9.44. The van der Waals surface area contributed by atoms with Crippen LogP contribution in [0.2, 0.25) is 0 Å². The summed E-state index contributed by atoms with van der Waals surface area (Å²) in [7, 11) is -8.51. The number of nitrogens with zero attached hydrogens (tertiary/aromatic N) is 3. The molecule has 54 heavy (non-hydrogen) atoms. The Morgan fingerprint density at radius 1 is 0.870 bits per heavy atom. The summed E-state index contributed by atoms with van der Waals surface area (Å²) in [5.74, 6) is 1.24. The summed E-state index contributed by atoms with van der Waals surface area (Å²) in [6.07, 6.45) is 7.66. The van der Waals surface area contributed by atoms with Crippen molar-refractivity contribution in [3.8, 4) is 0 Å². The Kier molecular flexibility index (Phi) is 9.96. The number of benzene rings is 2. The molecule has 4 aliphatic carbocycles. The monoisotopic (exact) mass is 785 g/mol. The lowest BCUT2D eigenvalue weighted by Gasteiger charge is -2.63. The molecule has 10 atom stereocenters. The van der Waals surface area contributed by atoms with E-state index in [2.05, 4.69) is 23.5 Å². The van der Waals surface area contributed by atoms with Crippen molar-refractivity contribution in [2.75, 3.05) is 32.7 Å². The average Bonchev–Trinajstić information content (AvgIpc) is 3.74. The number of fused-ring (bicyclic) bond motifs is 6. The van der Waals surface area contributed by atoms with Gasteiger partial charge in [-0.05, 0) is 122 Å². The van der Waals surface area contributed by atoms with Gasteiger partial charge in [0.1, 0.15) is 6.04 Å². The first-order valence-electron chi connectivity index (χ1n) is 19.8. The maximum Gasteiger partial charge on any atom is 0.333 e. The molecule has 2 saturated heterocycles. The van der Waals surface area contributed by atoms with Crippen LogP contribution in [0.5, 0.6) is 0 Å². The third kappa shape index (κ3) is 7.00. The molecule has 13 nitrogen and oxygen atoms in total. The summed E-state index contributed by atoms with van der Waals surface area (Å²) >= 11 is 0. The largest absolute Gasteiger partial charge is 0.338 e. The molecule has 296 valence electrons. The summed E-state index contributed by atoms with van der Waals surface area (Å²) in [5, 5.41) is 7.38. The molecule has 2 amide bonds. The zero-order chi connectivity index (χ0) is 38.2. The van der Waals surface area contributed by atoms with E-state index in [0.717, 1.165) is 55.7 Å². The van der Waals surface area contributed by atoms with Crippen LogP contribution in [0.3, 0.4) is 0 Å². The van der Waals surface area contributed by atoms with E-state index in [1.807, 2.05) is 47.4 Å². The van der Waals surface area contributed by atoms with Crippen molar-refractivity contribution in [1.29, 1.82) is 0 Å². The molecule has 4 saturated carbocycles. The Morgan fingerprint density at radius 3 is 2.31 bits per heavy atom. The molecule has 2 aliphatic heterocycles. The number of hydrogen-bond acceptors (Lipinski definition) is 8. The van der Waals surface area contributed by atoms with Crippen LogP contribution in [-0.2, 0) is 29.6 Å². The van der Waals surface area contributed by atoms with E-state index in [9.17, 15) is 31.0 Å². The highest BCUT2D eigenvalue weighted by Gasteiger charge is 2.62. The maximum atomic E-state index is 14.0. The predicted molar refractivity (Wildman–Crippen MR) is 204 cm³/mol. The molecule has 2 heterocycles. The number of carbonyl (C=O) groups excluding carboxylic acids is 2. The highest BCUT2D eigenvalue weighted by molar-refractivity contribution is 7.84. The van der Waals surface area contributed by atoms with Crippen LogP contribution in [-0.4, -0.2) is 105 Å². The summed E-state index contributed by atoms with van der Waals surface area (Å²) < 4.78 is 66.6. The van der Waals surface area contributed by atoms with Crippen molar-refractivity contribution in [3.05, 3.63) is 48.0 Å². The summed E-state index contributed by atoms with van der Waals surface area (Å²) in [4.78, 5) is 33.7. The van der Waals surface area contributed by atoms with Gasteiger partial charge >= 0.3 is 20.6 Å². The maximum absolute atomic E-state index is 14.0. The van der Waals surface area contributed by atoms with Crippen molar-refractivity contribution < 1.29 is 35.2 Å². The number of rotatable bonds is 7. The van der Waals surface area contributed by atoms with Crippen LogP contribution in [0.1, 0.15) is 88.4 Å². The first-order valence-corrected chi connectivity index (χ1v) is 22.7. The molecule has 8 rings (SSSR count). The lowest BCUT2D eigenvalue weighted by Crippen LogP contribution is -2.65. The highest BCUT2D eigenvalue weighted by atomic mass is 32.2. The normalized spacial score (nSPS) is 37.5. The van der Waals surface area contributed by atoms with Crippen LogP contribution >= 0.6 is 0 Å². The Balaban J connectivity index is 0.964. The van der Waals surface area contributed by atoms with E-state index >= 15 is 0 Å². The Morgan fingerprint density at radius 2 is 1.59 bits per heavy atom. The van der Waals surface area contributed by atoms with Crippen molar-refractivity contribution >= 4 is 43.2 Å². The zero-order valence-corrected chi connectivity index (χ0v) is 32.9. The van der Waals surface area contributed by atoms with Crippen LogP contribution < -0.4 is 9.86 Å². The molecule has 0 spiro atoms. The number of likely N-dealkylation sites (tertiary alicyclic amines) is 1. The van der Waals surface area contributed by atoms with E-state index in [0.29, 0.717) is 75.3 Å². The fourth-order valence-electron chi connectivity index (χ4n) is 12.5. The molecule has 6 fully saturated rings. The number of carbonyl (C=O) groups is 2. The van der Waals surface area contributed by atoms with E-state index in [1.165, 1.54) is 0 Å². The van der Waals surface area contributed by atoms with Gasteiger partial charge in [0.2, 0.25) is 5.91 Å². The van der Waals surface area contributed by atoms with Gasteiger partial charge in [-0.2, -0.15) is 21.6 Å². The molecule has 15 heteroatoms. The molecular weight excluding hydrogens is 731 g/mol. The number of nitrogens with two attached hydrogens (primary N) is 1. The minimum Gasteiger partial charge on any atom is -0.338 e. The standard InChI is InChI=1S/C39H55N5O8S2/c1-38-16-15-31-29(30(38)13-14-35(38)52-53(40,47)48)12-11-28-23-32(41-54(49,50)51)34(24-39(28,31)2)42-18-20-43(21-19-42)37(46)33-8-5-17-44(33)36(45)27-10-9-25-6-3-4-7-26(25)22-27/h3-4,6-7,9-10,22,28-35,41H,5,8,11-21,23-24H2,1-2H3,(H2,40,47,48)(H,49,50,51)/t28?,29?,30?,31?,32-,33-,34-,35-,38-,39-/m0/s1. The fourth-order valence-corrected chi connectivity index (χ4v) is 13.8. The number of hydrogen-bond donors (Lipinski definition) is 3. The number of nitrogens with one attached hydrogen (secondary N) is 1. The van der Waals surface area contributed by atoms with Crippen LogP contribution in [0, 0.1) is 34.5 Å². The van der Waals surface area contributed by atoms with Gasteiger partial charge in [-0.25, -0.2) is 5.14 Å². The van der Waals surface area contributed by atoms with Crippen LogP contribution in [0.4, 0.5) is 0 Å². The number of piperazine rings is 1. The van der Waals surface area contributed by atoms with Gasteiger partial charge in [0.25, 0.3) is 5.91 Å². The molecule has 0 bridgehead atoms. The van der Waals surface area contributed by atoms with Gasteiger partial charge in [-0.15, -0.1) is 0 Å². The molecule has 2 aromatic carbocycles. The predicted octanol–water partition coefficient (Wildman–Crippen LogP) is 3.96. The highest BCUT2D eigenvalue weighted by Crippen LogP contribution is 2.67. The van der Waals surface area contributed by atoms with E-state index in [-0.39, 0.29) is 34.6 Å². The molecular formula is C39H55N5O8S2. The van der Waals surface area contributed by atoms with Crippen molar-refractivity contribution in [1.82, 2.24) is 19.4 Å². The Labute approximate surface area is 319 Å². The van der Waals surface area contributed by atoms with Gasteiger partial charge in [-0.3, -0.25) is 23.2 Å². The van der Waals surface area contributed by atoms with Crippen molar-refractivity contribution in [2.24, 2.45) is 39.6 Å². The van der Waals surface area contributed by atoms with Gasteiger partial charge < -0.3 is 9.80 Å². The second-order valence-electron chi connectivity index (χ2n) is 17.6. The molecule has 4 N–H and O–H groups in total. The lowest BCUT2D eigenvalue weighted by molar-refractivity contribution is -0.142. The van der Waals surface area contributed by atoms with Crippen molar-refractivity contribution in [2.45, 2.75) is 102 Å². The van der Waals surface area contributed by atoms with Gasteiger partial charge in [0.15, 0.2) is 0 Å². The average molecular weight is 786 g/mol. The SMILES string of the molecule is C[C@]12C[C@H](N3CCN(C(=O)[C@@H]4CCCN4C(=O)c4ccc5ccccc5c4)CC3)[C@@H](NS(=O)(=O)O)CC1CCC1C2CC[C@@]2(C)C1CC[C@@H]2OS(N)(=O)=O. The molecule has 2 aromatic rings. The molecule has 6 aliphatic rings. The molecule has 0 radical (unpaired) electrons. The second kappa shape index (κ2) is 14.1. The number of amides is 2. The van der Waals surface area contributed by atoms with Gasteiger partial charge in [0, 0.05) is 50.4 Å². The summed E-state index contributed by atoms with van der Waals surface area (Å²) in [5.41, 5.74) is 0.237. The first kappa shape index (κ1) is 38.2. The van der Waals surface area contributed by atoms with Crippen LogP contribution in [0.15, 0.2) is 42.5 Å². The van der Waals surface area contributed by atoms with E-state index < -0.39 is 38.8 Å². The summed E-state index contributed by atoms with van der Waals surface area (Å²) in [6.45, 7) is 7.16. The topological polar surface area (TPSA) is 180 Å². The van der Waals surface area contributed by atoms with E-state index in [1.54, 1.807) is 4.90 Å². The fraction of sp³-hybridized carbons (Fsp3) is 0.692. The van der Waals surface area contributed by atoms with Crippen LogP contribution in [0.25, 0.3) is 10.8 Å². The van der Waals surface area contributed by atoms with Crippen molar-refractivity contribution in [3.63, 3.8) is 0 Å². The molecule has 0 aromatic heterocycles. The second-order valence-corrected chi connectivity index (χ2v) is 20.0. The zero-order valence-electron chi connectivity index (χ0n) is 31.3. The minimum atomic E-state index is -4.45. The van der Waals surface area contributed by atoms with E-state index in [4.69, 9.17) is 9.32 Å². The smallest absolute Gasteiger partial charge is 0.333 e. The quantitative estimate of drug-likeness (QED) is 0.351. The van der Waals surface area contributed by atoms with Gasteiger partial charge in [-0.1, -0.05) is 44.2 Å². The third-order valence-electron chi connectivity index (χ3n) is 15.1. The third-order valence-corrected chi connectivity index (χ3v) is 16.2. The Hall–Kier alpha value is -2.66. The van der Waals surface area contributed by atoms with Gasteiger partial charge in [0.05, 0.1) is 6.10 Å². The summed E-state index contributed by atoms with van der Waals surface area (Å²) in [6, 6.07) is 12.4. The Bertz CT molecular complexity index is 2010.